The summed E-state index contributed by atoms with van der Waals surface area (Å²) in [5.74, 6) is 0.535. The molecule has 5 nitrogen and oxygen atoms in total. The van der Waals surface area contributed by atoms with Crippen LogP contribution >= 0.6 is 0 Å². The van der Waals surface area contributed by atoms with Gasteiger partial charge in [-0.2, -0.15) is 18.4 Å². The van der Waals surface area contributed by atoms with Crippen LogP contribution in [0.4, 0.5) is 19.0 Å². The van der Waals surface area contributed by atoms with Crippen LogP contribution in [0.1, 0.15) is 31.4 Å². The van der Waals surface area contributed by atoms with Crippen molar-refractivity contribution in [2.24, 2.45) is 39.8 Å². The van der Waals surface area contributed by atoms with E-state index in [9.17, 15) is 18.4 Å². The topological polar surface area (TPSA) is 101 Å². The van der Waals surface area contributed by atoms with Crippen molar-refractivity contribution in [1.82, 2.24) is 4.98 Å². The van der Waals surface area contributed by atoms with Gasteiger partial charge in [-0.25, -0.2) is 4.98 Å². The van der Waals surface area contributed by atoms with Crippen molar-refractivity contribution in [1.29, 1.82) is 5.26 Å². The van der Waals surface area contributed by atoms with Crippen molar-refractivity contribution in [2.45, 2.75) is 32.5 Å². The lowest BCUT2D eigenvalue weighted by molar-refractivity contribution is -0.137. The fourth-order valence-electron chi connectivity index (χ4n) is 5.17. The Labute approximate surface area is 155 Å². The number of aliphatic imine (C=N–C) groups is 1. The quantitative estimate of drug-likeness (QED) is 0.789. The van der Waals surface area contributed by atoms with Crippen LogP contribution < -0.4 is 11.5 Å². The Balaban J connectivity index is 1.69. The van der Waals surface area contributed by atoms with E-state index in [0.29, 0.717) is 11.8 Å². The van der Waals surface area contributed by atoms with E-state index in [4.69, 9.17) is 16.5 Å². The molecule has 0 aromatic carbocycles. The van der Waals surface area contributed by atoms with E-state index in [-0.39, 0.29) is 34.6 Å². The van der Waals surface area contributed by atoms with E-state index < -0.39 is 17.6 Å². The minimum absolute atomic E-state index is 0.0236. The van der Waals surface area contributed by atoms with E-state index in [2.05, 4.69) is 11.1 Å². The largest absolute Gasteiger partial charge is 0.419 e. The van der Waals surface area contributed by atoms with Crippen LogP contribution in [0.3, 0.4) is 0 Å². The molecule has 0 amide bonds. The molecule has 8 heteroatoms. The number of nitrogens with zero attached hydrogens (tertiary/aromatic N) is 3. The number of rotatable bonds is 4. The molecule has 142 valence electrons. The molecule has 1 aromatic heterocycles. The molecule has 0 saturated heterocycles. The molecule has 3 fully saturated rings. The molecule has 0 radical (unpaired) electrons. The summed E-state index contributed by atoms with van der Waals surface area (Å²) in [5, 5.41) is 9.29. The number of alkyl halides is 3. The second kappa shape index (κ2) is 5.47. The van der Waals surface area contributed by atoms with Crippen molar-refractivity contribution in [2.75, 3.05) is 5.73 Å². The highest BCUT2D eigenvalue weighted by atomic mass is 19.4. The molecule has 3 aliphatic carbocycles. The minimum atomic E-state index is -4.60. The van der Waals surface area contributed by atoms with Gasteiger partial charge in [0.15, 0.2) is 0 Å². The first-order valence-electron chi connectivity index (χ1n) is 8.90. The predicted octanol–water partition coefficient (Wildman–Crippen LogP) is 3.24. The maximum Gasteiger partial charge on any atom is 0.419 e. The van der Waals surface area contributed by atoms with Gasteiger partial charge in [0, 0.05) is 34.6 Å². The van der Waals surface area contributed by atoms with E-state index >= 15 is 0 Å². The summed E-state index contributed by atoms with van der Waals surface area (Å²) >= 11 is 0. The van der Waals surface area contributed by atoms with Crippen LogP contribution in [0.2, 0.25) is 0 Å². The Morgan fingerprint density at radius 2 is 2.15 bits per heavy atom. The van der Waals surface area contributed by atoms with Gasteiger partial charge >= 0.3 is 6.18 Å². The highest BCUT2D eigenvalue weighted by Gasteiger charge is 2.89. The molecule has 0 aliphatic heterocycles. The molecule has 0 spiro atoms. The Hall–Kier alpha value is -2.56. The first-order chi connectivity index (χ1) is 12.6. The maximum atomic E-state index is 13.1. The summed E-state index contributed by atoms with van der Waals surface area (Å²) in [4.78, 5) is 8.34. The molecule has 4 rings (SSSR count). The highest BCUT2D eigenvalue weighted by molar-refractivity contribution is 6.09. The number of halogens is 3. The lowest BCUT2D eigenvalue weighted by atomic mass is 9.57. The SMILES string of the molecule is CC(C)N=C(C=C(N)c1cnc(N)c(C(F)(F)F)c1)[C@]12C3C[C@H]1C2[C@@H]3C#N. The first kappa shape index (κ1) is 17.8. The second-order valence-electron chi connectivity index (χ2n) is 7.92. The maximum absolute atomic E-state index is 13.1. The van der Waals surface area contributed by atoms with Gasteiger partial charge in [0.05, 0.1) is 17.6 Å². The van der Waals surface area contributed by atoms with Crippen LogP contribution in [0.5, 0.6) is 0 Å². The van der Waals surface area contributed by atoms with Gasteiger partial charge in [-0.3, -0.25) is 4.99 Å². The molecule has 0 bridgehead atoms. The lowest BCUT2D eigenvalue weighted by Gasteiger charge is -2.45. The highest BCUT2D eigenvalue weighted by Crippen LogP contribution is 2.89. The third-order valence-electron chi connectivity index (χ3n) is 6.27. The molecule has 1 aromatic rings. The van der Waals surface area contributed by atoms with E-state index in [0.717, 1.165) is 18.2 Å². The van der Waals surface area contributed by atoms with E-state index in [1.54, 1.807) is 6.08 Å². The third-order valence-corrected chi connectivity index (χ3v) is 6.27. The fraction of sp³-hybridized carbons (Fsp3) is 0.526. The number of allylic oxidation sites excluding steroid dienone is 1. The number of aromatic nitrogens is 1. The van der Waals surface area contributed by atoms with Crippen molar-refractivity contribution < 1.29 is 13.2 Å². The molecular weight excluding hydrogens is 355 g/mol. The molecule has 27 heavy (non-hydrogen) atoms. The van der Waals surface area contributed by atoms with Gasteiger partial charge in [-0.1, -0.05) is 0 Å². The number of hydrogen-bond donors (Lipinski definition) is 2. The van der Waals surface area contributed by atoms with Crippen molar-refractivity contribution >= 4 is 17.2 Å². The molecule has 1 heterocycles. The number of nitriles is 1. The summed E-state index contributed by atoms with van der Waals surface area (Å²) in [6.45, 7) is 3.88. The zero-order valence-corrected chi connectivity index (χ0v) is 15.0. The summed E-state index contributed by atoms with van der Waals surface area (Å²) in [6, 6.07) is 3.32. The van der Waals surface area contributed by atoms with Gasteiger partial charge in [0.2, 0.25) is 0 Å². The smallest absolute Gasteiger partial charge is 0.398 e. The second-order valence-corrected chi connectivity index (χ2v) is 7.92. The average Bonchev–Trinajstić information content (AvgIpc) is 2.83. The average molecular weight is 375 g/mol. The van der Waals surface area contributed by atoms with Gasteiger partial charge in [-0.05, 0) is 50.2 Å². The van der Waals surface area contributed by atoms with Crippen LogP contribution in [0.25, 0.3) is 5.70 Å². The van der Waals surface area contributed by atoms with Crippen LogP contribution in [-0.4, -0.2) is 16.7 Å². The molecule has 4 N–H and O–H groups in total. The zero-order valence-electron chi connectivity index (χ0n) is 15.0. The summed E-state index contributed by atoms with van der Waals surface area (Å²) in [6.07, 6.45) is -0.668. The molecule has 2 unspecified atom stereocenters. The van der Waals surface area contributed by atoms with Crippen molar-refractivity contribution in [3.05, 3.63) is 29.5 Å². The Morgan fingerprint density at radius 1 is 1.44 bits per heavy atom. The monoisotopic (exact) mass is 375 g/mol. The van der Waals surface area contributed by atoms with Crippen molar-refractivity contribution in [3.8, 4) is 6.07 Å². The number of nitrogen functional groups attached to an aromatic ring is 1. The summed E-state index contributed by atoms with van der Waals surface area (Å²) in [7, 11) is 0. The summed E-state index contributed by atoms with van der Waals surface area (Å²) < 4.78 is 39.3. The number of nitrogens with two attached hydrogens (primary N) is 2. The first-order valence-corrected chi connectivity index (χ1v) is 8.90. The van der Waals surface area contributed by atoms with Crippen LogP contribution in [-0.2, 0) is 6.18 Å². The van der Waals surface area contributed by atoms with Crippen LogP contribution in [0.15, 0.2) is 23.3 Å². The molecular formula is C19H20F3N5. The van der Waals surface area contributed by atoms with Gasteiger partial charge < -0.3 is 11.5 Å². The molecule has 3 saturated carbocycles. The standard InChI is InChI=1S/C19H20F3N5/c1-8(2)27-15(18-11-4-12(18)16(18)10(11)6-23)5-14(24)9-3-13(19(20,21)22)17(25)26-7-9/h3,5,7-8,10-12,16H,4,24H2,1-2H3,(H2,25,26)/t10-,11?,12+,16?,18+/m1/s1. The van der Waals surface area contributed by atoms with Gasteiger partial charge in [0.25, 0.3) is 0 Å². The van der Waals surface area contributed by atoms with Crippen molar-refractivity contribution in [3.63, 3.8) is 0 Å². The number of anilines is 1. The fourth-order valence-corrected chi connectivity index (χ4v) is 5.17. The van der Waals surface area contributed by atoms with Crippen LogP contribution in [0, 0.1) is 40.4 Å². The van der Waals surface area contributed by atoms with E-state index in [1.807, 2.05) is 13.8 Å². The molecule has 5 atom stereocenters. The Morgan fingerprint density at radius 3 is 2.70 bits per heavy atom. The predicted molar refractivity (Wildman–Crippen MR) is 95.0 cm³/mol. The minimum Gasteiger partial charge on any atom is -0.398 e. The molecule has 3 aliphatic rings. The van der Waals surface area contributed by atoms with E-state index in [1.165, 1.54) is 6.20 Å². The number of hydrogen-bond acceptors (Lipinski definition) is 5. The van der Waals surface area contributed by atoms with Gasteiger partial charge in [0.1, 0.15) is 5.82 Å². The number of pyridine rings is 1. The summed E-state index contributed by atoms with van der Waals surface area (Å²) in [5.41, 5.74) is 11.5. The Bertz CT molecular complexity index is 903. The lowest BCUT2D eigenvalue weighted by Crippen LogP contribution is -2.47. The number of fused-ring (bicyclic) bond motifs is 1. The Kier molecular flexibility index (Phi) is 3.61. The normalized spacial score (nSPS) is 34.4. The third kappa shape index (κ3) is 2.30. The van der Waals surface area contributed by atoms with Gasteiger partial charge in [-0.15, -0.1) is 0 Å². The zero-order chi connectivity index (χ0) is 19.7.